The number of benzene rings is 1. The fourth-order valence-corrected chi connectivity index (χ4v) is 2.43. The molecule has 0 bridgehead atoms. The highest BCUT2D eigenvalue weighted by atomic mass is 35.5. The fourth-order valence-electron chi connectivity index (χ4n) is 1.94. The molecule has 1 unspecified atom stereocenters. The first kappa shape index (κ1) is 15.1. The number of rotatable bonds is 4. The zero-order chi connectivity index (χ0) is 14.7. The van der Waals surface area contributed by atoms with Gasteiger partial charge in [0.05, 0.1) is 6.04 Å². The highest BCUT2D eigenvalue weighted by Gasteiger charge is 2.13. The van der Waals surface area contributed by atoms with Crippen molar-refractivity contribution < 1.29 is 0 Å². The second-order valence-corrected chi connectivity index (χ2v) is 5.41. The van der Waals surface area contributed by atoms with E-state index in [0.717, 1.165) is 34.2 Å². The van der Waals surface area contributed by atoms with Crippen LogP contribution in [0, 0.1) is 6.92 Å². The summed E-state index contributed by atoms with van der Waals surface area (Å²) in [7, 11) is 0. The molecule has 0 fully saturated rings. The van der Waals surface area contributed by atoms with Gasteiger partial charge in [0, 0.05) is 17.0 Å². The molecular formula is C15H17Cl2N3. The molecule has 106 valence electrons. The number of nitrogens with zero attached hydrogens (tertiary/aromatic N) is 2. The average molecular weight is 310 g/mol. The molecule has 1 heterocycles. The molecule has 0 radical (unpaired) electrons. The van der Waals surface area contributed by atoms with Crippen molar-refractivity contribution in [3.8, 4) is 0 Å². The largest absolute Gasteiger partial charge is 0.363 e. The van der Waals surface area contributed by atoms with Gasteiger partial charge in [-0.15, -0.1) is 0 Å². The van der Waals surface area contributed by atoms with E-state index >= 15 is 0 Å². The Morgan fingerprint density at radius 3 is 2.55 bits per heavy atom. The first-order valence-corrected chi connectivity index (χ1v) is 7.32. The average Bonchev–Trinajstić information content (AvgIpc) is 2.43. The SMILES string of the molecule is CCc1nc(Cl)c(C)c(NC(C)c2ccccc2Cl)n1. The normalized spacial score (nSPS) is 12.2. The second-order valence-electron chi connectivity index (χ2n) is 4.65. The van der Waals surface area contributed by atoms with E-state index in [1.165, 1.54) is 0 Å². The van der Waals surface area contributed by atoms with Gasteiger partial charge in [0.2, 0.25) is 0 Å². The van der Waals surface area contributed by atoms with Crippen molar-refractivity contribution in [3.63, 3.8) is 0 Å². The van der Waals surface area contributed by atoms with Crippen LogP contribution in [0.1, 0.15) is 36.8 Å². The minimum Gasteiger partial charge on any atom is -0.363 e. The van der Waals surface area contributed by atoms with Crippen molar-refractivity contribution in [3.05, 3.63) is 51.4 Å². The van der Waals surface area contributed by atoms with Crippen molar-refractivity contribution in [2.45, 2.75) is 33.2 Å². The third-order valence-electron chi connectivity index (χ3n) is 3.17. The molecule has 2 rings (SSSR count). The summed E-state index contributed by atoms with van der Waals surface area (Å²) in [4.78, 5) is 8.73. The maximum atomic E-state index is 6.22. The number of hydrogen-bond donors (Lipinski definition) is 1. The van der Waals surface area contributed by atoms with E-state index in [-0.39, 0.29) is 6.04 Å². The van der Waals surface area contributed by atoms with E-state index in [0.29, 0.717) is 5.15 Å². The highest BCUT2D eigenvalue weighted by Crippen LogP contribution is 2.28. The lowest BCUT2D eigenvalue weighted by Gasteiger charge is -2.18. The van der Waals surface area contributed by atoms with Gasteiger partial charge < -0.3 is 5.32 Å². The number of nitrogens with one attached hydrogen (secondary N) is 1. The quantitative estimate of drug-likeness (QED) is 0.822. The van der Waals surface area contributed by atoms with Gasteiger partial charge in [-0.05, 0) is 25.5 Å². The van der Waals surface area contributed by atoms with Gasteiger partial charge in [0.25, 0.3) is 0 Å². The Morgan fingerprint density at radius 2 is 1.90 bits per heavy atom. The van der Waals surface area contributed by atoms with Gasteiger partial charge >= 0.3 is 0 Å². The van der Waals surface area contributed by atoms with Crippen LogP contribution < -0.4 is 5.32 Å². The molecule has 3 nitrogen and oxygen atoms in total. The molecular weight excluding hydrogens is 293 g/mol. The molecule has 0 saturated heterocycles. The molecule has 1 aromatic carbocycles. The summed E-state index contributed by atoms with van der Waals surface area (Å²) in [6.07, 6.45) is 0.745. The van der Waals surface area contributed by atoms with Crippen LogP contribution in [-0.4, -0.2) is 9.97 Å². The predicted molar refractivity (Wildman–Crippen MR) is 84.6 cm³/mol. The lowest BCUT2D eigenvalue weighted by Crippen LogP contribution is -2.11. The molecule has 0 amide bonds. The maximum Gasteiger partial charge on any atom is 0.137 e. The first-order chi connectivity index (χ1) is 9.52. The third kappa shape index (κ3) is 3.22. The maximum absolute atomic E-state index is 6.22. The number of aromatic nitrogens is 2. The lowest BCUT2D eigenvalue weighted by atomic mass is 10.1. The monoisotopic (exact) mass is 309 g/mol. The predicted octanol–water partition coefficient (Wildman–Crippen LogP) is 4.83. The van der Waals surface area contributed by atoms with E-state index < -0.39 is 0 Å². The van der Waals surface area contributed by atoms with Crippen LogP contribution in [0.3, 0.4) is 0 Å². The summed E-state index contributed by atoms with van der Waals surface area (Å²) in [5.74, 6) is 1.49. The molecule has 0 saturated carbocycles. The Bertz CT molecular complexity index is 614. The summed E-state index contributed by atoms with van der Waals surface area (Å²) in [6, 6.07) is 7.81. The molecule has 5 heteroatoms. The van der Waals surface area contributed by atoms with Crippen molar-refractivity contribution in [2.75, 3.05) is 5.32 Å². The fraction of sp³-hybridized carbons (Fsp3) is 0.333. The zero-order valence-electron chi connectivity index (χ0n) is 11.7. The second kappa shape index (κ2) is 6.42. The number of aryl methyl sites for hydroxylation is 1. The van der Waals surface area contributed by atoms with Crippen LogP contribution >= 0.6 is 23.2 Å². The molecule has 20 heavy (non-hydrogen) atoms. The zero-order valence-corrected chi connectivity index (χ0v) is 13.3. The molecule has 0 aliphatic carbocycles. The summed E-state index contributed by atoms with van der Waals surface area (Å²) in [5.41, 5.74) is 1.88. The van der Waals surface area contributed by atoms with Crippen molar-refractivity contribution >= 4 is 29.0 Å². The third-order valence-corrected chi connectivity index (χ3v) is 3.89. The Labute approximate surface area is 129 Å². The highest BCUT2D eigenvalue weighted by molar-refractivity contribution is 6.31. The van der Waals surface area contributed by atoms with Crippen molar-refractivity contribution in [1.82, 2.24) is 9.97 Å². The number of hydrogen-bond acceptors (Lipinski definition) is 3. The Hall–Kier alpha value is -1.32. The van der Waals surface area contributed by atoms with Crippen LogP contribution in [0.15, 0.2) is 24.3 Å². The van der Waals surface area contributed by atoms with Crippen LogP contribution in [0.4, 0.5) is 5.82 Å². The summed E-state index contributed by atoms with van der Waals surface area (Å²) in [6.45, 7) is 5.95. The Balaban J connectivity index is 2.30. The molecule has 1 aromatic heterocycles. The Morgan fingerprint density at radius 1 is 1.20 bits per heavy atom. The lowest BCUT2D eigenvalue weighted by molar-refractivity contribution is 0.851. The number of anilines is 1. The van der Waals surface area contributed by atoms with Gasteiger partial charge in [-0.1, -0.05) is 48.3 Å². The van der Waals surface area contributed by atoms with Crippen molar-refractivity contribution in [2.24, 2.45) is 0 Å². The van der Waals surface area contributed by atoms with Gasteiger partial charge in [-0.2, -0.15) is 0 Å². The number of halogens is 2. The van der Waals surface area contributed by atoms with E-state index in [4.69, 9.17) is 23.2 Å². The summed E-state index contributed by atoms with van der Waals surface area (Å²) < 4.78 is 0. The van der Waals surface area contributed by atoms with Gasteiger partial charge in [-0.3, -0.25) is 0 Å². The standard InChI is InChI=1S/C15H17Cl2N3/c1-4-13-19-14(17)9(2)15(20-13)18-10(3)11-7-5-6-8-12(11)16/h5-8,10H,4H2,1-3H3,(H,18,19,20). The summed E-state index contributed by atoms with van der Waals surface area (Å²) >= 11 is 12.4. The molecule has 1 N–H and O–H groups in total. The van der Waals surface area contributed by atoms with Crippen molar-refractivity contribution in [1.29, 1.82) is 0 Å². The van der Waals surface area contributed by atoms with E-state index in [9.17, 15) is 0 Å². The Kier molecular flexibility index (Phi) is 4.84. The summed E-state index contributed by atoms with van der Waals surface area (Å²) in [5, 5.41) is 4.59. The van der Waals surface area contributed by atoms with Crippen LogP contribution in [0.5, 0.6) is 0 Å². The smallest absolute Gasteiger partial charge is 0.137 e. The van der Waals surface area contributed by atoms with Crippen LogP contribution in [-0.2, 0) is 6.42 Å². The topological polar surface area (TPSA) is 37.8 Å². The minimum atomic E-state index is 0.0399. The van der Waals surface area contributed by atoms with Gasteiger partial charge in [0.1, 0.15) is 16.8 Å². The molecule has 0 aliphatic rings. The van der Waals surface area contributed by atoms with E-state index in [1.807, 2.05) is 45.0 Å². The molecule has 1 atom stereocenters. The minimum absolute atomic E-state index is 0.0399. The molecule has 0 spiro atoms. The van der Waals surface area contributed by atoms with Gasteiger partial charge in [-0.25, -0.2) is 9.97 Å². The molecule has 2 aromatic rings. The van der Waals surface area contributed by atoms with Crippen LogP contribution in [0.25, 0.3) is 0 Å². The van der Waals surface area contributed by atoms with E-state index in [1.54, 1.807) is 0 Å². The van der Waals surface area contributed by atoms with Crippen LogP contribution in [0.2, 0.25) is 10.2 Å². The first-order valence-electron chi connectivity index (χ1n) is 6.57. The van der Waals surface area contributed by atoms with Gasteiger partial charge in [0.15, 0.2) is 0 Å². The molecule has 0 aliphatic heterocycles. The van der Waals surface area contributed by atoms with E-state index in [2.05, 4.69) is 15.3 Å².